The molecule has 0 aliphatic rings. The van der Waals surface area contributed by atoms with Gasteiger partial charge in [0.15, 0.2) is 0 Å². The van der Waals surface area contributed by atoms with Gasteiger partial charge in [0.1, 0.15) is 0 Å². The number of rotatable bonds is 6. The third-order valence-electron chi connectivity index (χ3n) is 3.25. The lowest BCUT2D eigenvalue weighted by atomic mass is 10.0. The van der Waals surface area contributed by atoms with E-state index in [1.807, 2.05) is 24.3 Å². The number of nitrogen functional groups attached to an aromatic ring is 1. The van der Waals surface area contributed by atoms with E-state index in [1.54, 1.807) is 0 Å². The van der Waals surface area contributed by atoms with E-state index in [-0.39, 0.29) is 6.04 Å². The molecule has 1 unspecified atom stereocenters. The number of anilines is 1. The highest BCUT2D eigenvalue weighted by Gasteiger charge is 2.16. The third kappa shape index (κ3) is 4.44. The largest absolute Gasteiger partial charge is 0.453 e. The zero-order valence-corrected chi connectivity index (χ0v) is 11.8. The Bertz CT molecular complexity index is 409. The molecule has 0 heterocycles. The molecule has 0 saturated carbocycles. The van der Waals surface area contributed by atoms with Crippen LogP contribution in [0.2, 0.25) is 0 Å². The number of hydrogen-bond donors (Lipinski definition) is 2. The predicted molar refractivity (Wildman–Crippen MR) is 76.9 cm³/mol. The Hall–Kier alpha value is -1.75. The Morgan fingerprint density at radius 2 is 2.16 bits per heavy atom. The molecule has 5 heteroatoms. The molecule has 0 bridgehead atoms. The summed E-state index contributed by atoms with van der Waals surface area (Å²) in [6.07, 6.45) is -0.400. The van der Waals surface area contributed by atoms with E-state index in [0.29, 0.717) is 6.54 Å². The Kier molecular flexibility index (Phi) is 6.15. The molecule has 0 aliphatic heterocycles. The van der Waals surface area contributed by atoms with Crippen LogP contribution in [0.15, 0.2) is 24.3 Å². The molecular weight excluding hydrogens is 242 g/mol. The van der Waals surface area contributed by atoms with Gasteiger partial charge in [-0.25, -0.2) is 4.79 Å². The van der Waals surface area contributed by atoms with Crippen molar-refractivity contribution in [2.24, 2.45) is 0 Å². The lowest BCUT2D eigenvalue weighted by molar-refractivity contribution is 0.165. The molecule has 1 atom stereocenters. The van der Waals surface area contributed by atoms with Crippen LogP contribution in [0, 0.1) is 0 Å². The molecular formula is C14H23N3O2. The van der Waals surface area contributed by atoms with E-state index in [0.717, 1.165) is 24.3 Å². The number of benzene rings is 1. The molecule has 0 radical (unpaired) electrons. The summed E-state index contributed by atoms with van der Waals surface area (Å²) in [4.78, 5) is 13.3. The van der Waals surface area contributed by atoms with Crippen LogP contribution in [-0.4, -0.2) is 37.7 Å². The summed E-state index contributed by atoms with van der Waals surface area (Å²) < 4.78 is 4.54. The van der Waals surface area contributed by atoms with Gasteiger partial charge in [-0.05, 0) is 25.1 Å². The summed E-state index contributed by atoms with van der Waals surface area (Å²) in [6.45, 7) is 6.40. The van der Waals surface area contributed by atoms with Crippen molar-refractivity contribution >= 4 is 11.8 Å². The SMILES string of the molecule is CCN(CCNC(=O)OC)C(C)c1ccccc1N. The minimum atomic E-state index is -0.400. The van der Waals surface area contributed by atoms with Gasteiger partial charge in [-0.2, -0.15) is 0 Å². The summed E-state index contributed by atoms with van der Waals surface area (Å²) >= 11 is 0. The summed E-state index contributed by atoms with van der Waals surface area (Å²) in [5, 5.41) is 2.68. The first-order chi connectivity index (χ1) is 9.10. The zero-order chi connectivity index (χ0) is 14.3. The molecule has 0 saturated heterocycles. The average Bonchev–Trinajstić information content (AvgIpc) is 2.43. The number of carbonyl (C=O) groups is 1. The fraction of sp³-hybridized carbons (Fsp3) is 0.500. The lowest BCUT2D eigenvalue weighted by Gasteiger charge is -2.29. The molecule has 1 aromatic rings. The molecule has 1 aromatic carbocycles. The number of alkyl carbamates (subject to hydrolysis) is 1. The molecule has 0 spiro atoms. The molecule has 0 fully saturated rings. The number of nitrogens with two attached hydrogens (primary N) is 1. The summed E-state index contributed by atoms with van der Waals surface area (Å²) in [5.74, 6) is 0. The number of ether oxygens (including phenoxy) is 1. The molecule has 0 aliphatic carbocycles. The van der Waals surface area contributed by atoms with Crippen LogP contribution in [-0.2, 0) is 4.74 Å². The van der Waals surface area contributed by atoms with Gasteiger partial charge in [0.25, 0.3) is 0 Å². The highest BCUT2D eigenvalue weighted by atomic mass is 16.5. The molecule has 19 heavy (non-hydrogen) atoms. The third-order valence-corrected chi connectivity index (χ3v) is 3.25. The Labute approximate surface area is 114 Å². The number of likely N-dealkylation sites (N-methyl/N-ethyl adjacent to an activating group) is 1. The first-order valence-electron chi connectivity index (χ1n) is 6.50. The number of hydrogen-bond acceptors (Lipinski definition) is 4. The number of nitrogens with zero attached hydrogens (tertiary/aromatic N) is 1. The summed E-state index contributed by atoms with van der Waals surface area (Å²) in [7, 11) is 1.36. The van der Waals surface area contributed by atoms with Crippen molar-refractivity contribution in [2.75, 3.05) is 32.5 Å². The average molecular weight is 265 g/mol. The van der Waals surface area contributed by atoms with E-state index < -0.39 is 6.09 Å². The number of para-hydroxylation sites is 1. The Balaban J connectivity index is 2.59. The monoisotopic (exact) mass is 265 g/mol. The van der Waals surface area contributed by atoms with Crippen LogP contribution in [0.4, 0.5) is 10.5 Å². The fourth-order valence-electron chi connectivity index (χ4n) is 2.09. The summed E-state index contributed by atoms with van der Waals surface area (Å²) in [6, 6.07) is 8.08. The first-order valence-corrected chi connectivity index (χ1v) is 6.50. The topological polar surface area (TPSA) is 67.6 Å². The van der Waals surface area contributed by atoms with Crippen LogP contribution in [0.1, 0.15) is 25.5 Å². The van der Waals surface area contributed by atoms with Crippen LogP contribution in [0.25, 0.3) is 0 Å². The maximum absolute atomic E-state index is 11.0. The van der Waals surface area contributed by atoms with Crippen molar-refractivity contribution < 1.29 is 9.53 Å². The van der Waals surface area contributed by atoms with E-state index >= 15 is 0 Å². The number of methoxy groups -OCH3 is 1. The van der Waals surface area contributed by atoms with Crippen LogP contribution in [0.3, 0.4) is 0 Å². The van der Waals surface area contributed by atoms with Gasteiger partial charge in [-0.1, -0.05) is 25.1 Å². The molecule has 1 amide bonds. The van der Waals surface area contributed by atoms with Crippen molar-refractivity contribution in [3.8, 4) is 0 Å². The van der Waals surface area contributed by atoms with E-state index in [9.17, 15) is 4.79 Å². The summed E-state index contributed by atoms with van der Waals surface area (Å²) in [5.41, 5.74) is 7.91. The Morgan fingerprint density at radius 1 is 1.47 bits per heavy atom. The highest BCUT2D eigenvalue weighted by Crippen LogP contribution is 2.24. The smallest absolute Gasteiger partial charge is 0.406 e. The Morgan fingerprint density at radius 3 is 2.74 bits per heavy atom. The van der Waals surface area contributed by atoms with E-state index in [2.05, 4.69) is 28.8 Å². The number of amides is 1. The second kappa shape index (κ2) is 7.63. The van der Waals surface area contributed by atoms with Crippen molar-refractivity contribution in [1.29, 1.82) is 0 Å². The minimum absolute atomic E-state index is 0.214. The van der Waals surface area contributed by atoms with Gasteiger partial charge < -0.3 is 15.8 Å². The van der Waals surface area contributed by atoms with E-state index in [1.165, 1.54) is 7.11 Å². The van der Waals surface area contributed by atoms with Gasteiger partial charge in [0.05, 0.1) is 7.11 Å². The normalized spacial score (nSPS) is 12.2. The van der Waals surface area contributed by atoms with Crippen molar-refractivity contribution in [2.45, 2.75) is 19.9 Å². The van der Waals surface area contributed by atoms with E-state index in [4.69, 9.17) is 5.73 Å². The first kappa shape index (κ1) is 15.3. The molecule has 5 nitrogen and oxygen atoms in total. The van der Waals surface area contributed by atoms with Gasteiger partial charge in [0, 0.05) is 24.8 Å². The molecule has 3 N–H and O–H groups in total. The van der Waals surface area contributed by atoms with Crippen molar-refractivity contribution in [1.82, 2.24) is 10.2 Å². The minimum Gasteiger partial charge on any atom is -0.453 e. The van der Waals surface area contributed by atoms with Crippen molar-refractivity contribution in [3.05, 3.63) is 29.8 Å². The number of carbonyl (C=O) groups excluding carboxylic acids is 1. The van der Waals surface area contributed by atoms with Gasteiger partial charge >= 0.3 is 6.09 Å². The number of nitrogens with one attached hydrogen (secondary N) is 1. The predicted octanol–water partition coefficient (Wildman–Crippen LogP) is 2.01. The molecule has 1 rings (SSSR count). The van der Waals surface area contributed by atoms with Crippen LogP contribution in [0.5, 0.6) is 0 Å². The van der Waals surface area contributed by atoms with Gasteiger partial charge in [-0.15, -0.1) is 0 Å². The van der Waals surface area contributed by atoms with Crippen LogP contribution < -0.4 is 11.1 Å². The second-order valence-corrected chi connectivity index (χ2v) is 4.35. The zero-order valence-electron chi connectivity index (χ0n) is 11.8. The van der Waals surface area contributed by atoms with Gasteiger partial charge in [-0.3, -0.25) is 4.90 Å². The maximum Gasteiger partial charge on any atom is 0.406 e. The van der Waals surface area contributed by atoms with Crippen molar-refractivity contribution in [3.63, 3.8) is 0 Å². The second-order valence-electron chi connectivity index (χ2n) is 4.35. The highest BCUT2D eigenvalue weighted by molar-refractivity contribution is 5.66. The quantitative estimate of drug-likeness (QED) is 0.772. The molecule has 106 valence electrons. The lowest BCUT2D eigenvalue weighted by Crippen LogP contribution is -2.36. The van der Waals surface area contributed by atoms with Crippen LogP contribution >= 0.6 is 0 Å². The molecule has 0 aromatic heterocycles. The fourth-order valence-corrected chi connectivity index (χ4v) is 2.09. The standard InChI is InChI=1S/C14H23N3O2/c1-4-17(10-9-16-14(18)19-3)11(2)12-7-5-6-8-13(12)15/h5-8,11H,4,9-10,15H2,1-3H3,(H,16,18). The maximum atomic E-state index is 11.0. The van der Waals surface area contributed by atoms with Gasteiger partial charge in [0.2, 0.25) is 0 Å².